The van der Waals surface area contributed by atoms with E-state index in [0.29, 0.717) is 5.54 Å². The van der Waals surface area contributed by atoms with Crippen molar-refractivity contribution in [3.63, 3.8) is 0 Å². The van der Waals surface area contributed by atoms with Crippen LogP contribution in [0.1, 0.15) is 30.9 Å². The van der Waals surface area contributed by atoms with Gasteiger partial charge in [0.15, 0.2) is 0 Å². The van der Waals surface area contributed by atoms with Gasteiger partial charge in [-0.3, -0.25) is 0 Å². The lowest BCUT2D eigenvalue weighted by Crippen LogP contribution is -2.60. The molecule has 1 aromatic carbocycles. The molecule has 3 heteroatoms. The Morgan fingerprint density at radius 1 is 1.26 bits per heavy atom. The number of rotatable bonds is 2. The first kappa shape index (κ1) is 13.4. The molecule has 0 bridgehead atoms. The Bertz CT molecular complexity index is 473. The number of hydrogen-bond acceptors (Lipinski definition) is 2. The molecule has 1 heterocycles. The topological polar surface area (TPSA) is 15.3 Å². The van der Waals surface area contributed by atoms with Crippen LogP contribution in [0.2, 0.25) is 0 Å². The van der Waals surface area contributed by atoms with E-state index in [1.807, 2.05) is 0 Å². The smallest absolute Gasteiger partial charge is 0.0427 e. The van der Waals surface area contributed by atoms with Crippen molar-refractivity contribution < 1.29 is 0 Å². The standard InChI is InChI=1S/C16H23BrN2/c1-11-8-14(17)9-12(2)15(11)19-7-6-18-16(3,10-19)13-4-5-13/h8-9,13,18H,4-7,10H2,1-3H3. The van der Waals surface area contributed by atoms with E-state index in [-0.39, 0.29) is 0 Å². The van der Waals surface area contributed by atoms with E-state index in [1.165, 1.54) is 34.1 Å². The van der Waals surface area contributed by atoms with E-state index in [1.54, 1.807) is 0 Å². The van der Waals surface area contributed by atoms with E-state index in [4.69, 9.17) is 0 Å². The summed E-state index contributed by atoms with van der Waals surface area (Å²) in [4.78, 5) is 2.59. The van der Waals surface area contributed by atoms with Crippen molar-refractivity contribution in [2.24, 2.45) is 5.92 Å². The normalized spacial score (nSPS) is 27.7. The first-order valence-corrected chi connectivity index (χ1v) is 8.06. The summed E-state index contributed by atoms with van der Waals surface area (Å²) in [6.45, 7) is 10.2. The van der Waals surface area contributed by atoms with Crippen molar-refractivity contribution in [3.05, 3.63) is 27.7 Å². The molecule has 2 aliphatic rings. The summed E-state index contributed by atoms with van der Waals surface area (Å²) in [5, 5.41) is 3.76. The summed E-state index contributed by atoms with van der Waals surface area (Å²) < 4.78 is 1.19. The maximum absolute atomic E-state index is 3.76. The molecule has 1 saturated heterocycles. The van der Waals surface area contributed by atoms with Gasteiger partial charge >= 0.3 is 0 Å². The molecule has 1 aliphatic heterocycles. The molecule has 0 amide bonds. The molecular weight excluding hydrogens is 300 g/mol. The van der Waals surface area contributed by atoms with Gasteiger partial charge in [-0.1, -0.05) is 15.9 Å². The molecule has 1 saturated carbocycles. The number of nitrogens with zero attached hydrogens (tertiary/aromatic N) is 1. The predicted octanol–water partition coefficient (Wildman–Crippen LogP) is 3.64. The van der Waals surface area contributed by atoms with Crippen LogP contribution in [0, 0.1) is 19.8 Å². The number of nitrogens with one attached hydrogen (secondary N) is 1. The molecule has 2 nitrogen and oxygen atoms in total. The minimum atomic E-state index is 0.310. The summed E-state index contributed by atoms with van der Waals surface area (Å²) >= 11 is 3.60. The number of benzene rings is 1. The SMILES string of the molecule is Cc1cc(Br)cc(C)c1N1CCNC(C)(C2CC2)C1. The fourth-order valence-corrected chi connectivity index (χ4v) is 4.28. The molecule has 1 aromatic rings. The van der Waals surface area contributed by atoms with Crippen molar-refractivity contribution in [1.82, 2.24) is 5.32 Å². The van der Waals surface area contributed by atoms with Crippen LogP contribution in [0.25, 0.3) is 0 Å². The van der Waals surface area contributed by atoms with Crippen molar-refractivity contribution in [2.75, 3.05) is 24.5 Å². The molecule has 1 unspecified atom stereocenters. The fraction of sp³-hybridized carbons (Fsp3) is 0.625. The first-order chi connectivity index (χ1) is 8.99. The molecule has 0 radical (unpaired) electrons. The van der Waals surface area contributed by atoms with Crippen LogP contribution in [0.5, 0.6) is 0 Å². The lowest BCUT2D eigenvalue weighted by atomic mass is 9.92. The lowest BCUT2D eigenvalue weighted by Gasteiger charge is -2.44. The van der Waals surface area contributed by atoms with Gasteiger partial charge in [-0.15, -0.1) is 0 Å². The highest BCUT2D eigenvalue weighted by Crippen LogP contribution is 2.42. The van der Waals surface area contributed by atoms with Gasteiger partial charge in [0.2, 0.25) is 0 Å². The zero-order valence-corrected chi connectivity index (χ0v) is 13.7. The molecule has 0 spiro atoms. The first-order valence-electron chi connectivity index (χ1n) is 7.26. The van der Waals surface area contributed by atoms with Crippen molar-refractivity contribution in [1.29, 1.82) is 0 Å². The maximum Gasteiger partial charge on any atom is 0.0427 e. The molecule has 0 aromatic heterocycles. The average molecular weight is 323 g/mol. The van der Waals surface area contributed by atoms with Gasteiger partial charge in [0.25, 0.3) is 0 Å². The molecule has 1 N–H and O–H groups in total. The van der Waals surface area contributed by atoms with Crippen LogP contribution in [0.3, 0.4) is 0 Å². The Morgan fingerprint density at radius 2 is 1.89 bits per heavy atom. The molecular formula is C16H23BrN2. The Labute approximate surface area is 124 Å². The van der Waals surface area contributed by atoms with Crippen LogP contribution in [-0.2, 0) is 0 Å². The summed E-state index contributed by atoms with van der Waals surface area (Å²) in [6, 6.07) is 4.47. The number of halogens is 1. The number of aryl methyl sites for hydroxylation is 2. The molecule has 1 aliphatic carbocycles. The Balaban J connectivity index is 1.89. The number of hydrogen-bond donors (Lipinski definition) is 1. The number of anilines is 1. The largest absolute Gasteiger partial charge is 0.368 e. The van der Waals surface area contributed by atoms with Crippen LogP contribution < -0.4 is 10.2 Å². The molecule has 104 valence electrons. The third-order valence-electron chi connectivity index (χ3n) is 4.68. The summed E-state index contributed by atoms with van der Waals surface area (Å²) in [7, 11) is 0. The summed E-state index contributed by atoms with van der Waals surface area (Å²) in [5.74, 6) is 0.881. The average Bonchev–Trinajstić information content (AvgIpc) is 3.11. The van der Waals surface area contributed by atoms with Crippen LogP contribution in [0.15, 0.2) is 16.6 Å². The Morgan fingerprint density at radius 3 is 2.47 bits per heavy atom. The van der Waals surface area contributed by atoms with E-state index in [9.17, 15) is 0 Å². The second kappa shape index (κ2) is 4.78. The highest BCUT2D eigenvalue weighted by atomic mass is 79.9. The van der Waals surface area contributed by atoms with Crippen molar-refractivity contribution in [3.8, 4) is 0 Å². The van der Waals surface area contributed by atoms with Gasteiger partial charge in [-0.2, -0.15) is 0 Å². The summed E-state index contributed by atoms with van der Waals surface area (Å²) in [5.41, 5.74) is 4.51. The minimum Gasteiger partial charge on any atom is -0.368 e. The quantitative estimate of drug-likeness (QED) is 0.894. The molecule has 19 heavy (non-hydrogen) atoms. The predicted molar refractivity (Wildman–Crippen MR) is 85.0 cm³/mol. The van der Waals surface area contributed by atoms with Crippen LogP contribution in [-0.4, -0.2) is 25.2 Å². The third kappa shape index (κ3) is 2.55. The van der Waals surface area contributed by atoms with Crippen molar-refractivity contribution >= 4 is 21.6 Å². The fourth-order valence-electron chi connectivity index (χ4n) is 3.59. The second-order valence-electron chi connectivity index (χ2n) is 6.43. The Hall–Kier alpha value is -0.540. The third-order valence-corrected chi connectivity index (χ3v) is 5.14. The van der Waals surface area contributed by atoms with E-state index >= 15 is 0 Å². The second-order valence-corrected chi connectivity index (χ2v) is 7.34. The van der Waals surface area contributed by atoms with Gasteiger partial charge in [-0.25, -0.2) is 0 Å². The van der Waals surface area contributed by atoms with Crippen LogP contribution >= 0.6 is 15.9 Å². The van der Waals surface area contributed by atoms with Gasteiger partial charge in [-0.05, 0) is 62.8 Å². The van der Waals surface area contributed by atoms with Crippen LogP contribution in [0.4, 0.5) is 5.69 Å². The molecule has 3 rings (SSSR count). The molecule has 1 atom stereocenters. The maximum atomic E-state index is 3.76. The van der Waals surface area contributed by atoms with Gasteiger partial charge < -0.3 is 10.2 Å². The van der Waals surface area contributed by atoms with Gasteiger partial charge in [0.1, 0.15) is 0 Å². The van der Waals surface area contributed by atoms with Crippen molar-refractivity contribution in [2.45, 2.75) is 39.2 Å². The monoisotopic (exact) mass is 322 g/mol. The van der Waals surface area contributed by atoms with Gasteiger partial charge in [0, 0.05) is 35.3 Å². The summed E-state index contributed by atoms with van der Waals surface area (Å²) in [6.07, 6.45) is 2.80. The highest BCUT2D eigenvalue weighted by Gasteiger charge is 2.44. The van der Waals surface area contributed by atoms with E-state index in [0.717, 1.165) is 25.6 Å². The Kier molecular flexibility index (Phi) is 3.38. The zero-order chi connectivity index (χ0) is 13.6. The lowest BCUT2D eigenvalue weighted by molar-refractivity contribution is 0.285. The van der Waals surface area contributed by atoms with Gasteiger partial charge in [0.05, 0.1) is 0 Å². The minimum absolute atomic E-state index is 0.310. The van der Waals surface area contributed by atoms with E-state index < -0.39 is 0 Å². The number of piperazine rings is 1. The molecule has 2 fully saturated rings. The van der Waals surface area contributed by atoms with E-state index in [2.05, 4.69) is 59.1 Å². The highest BCUT2D eigenvalue weighted by molar-refractivity contribution is 9.10. The zero-order valence-electron chi connectivity index (χ0n) is 12.1.